The van der Waals surface area contributed by atoms with E-state index in [1.165, 1.54) is 0 Å². The Hall–Kier alpha value is -3.72. The van der Waals surface area contributed by atoms with Crippen LogP contribution in [0.3, 0.4) is 0 Å². The topological polar surface area (TPSA) is 92.6 Å². The van der Waals surface area contributed by atoms with E-state index >= 15 is 0 Å². The number of nitrogens with one attached hydrogen (secondary N) is 2. The van der Waals surface area contributed by atoms with Gasteiger partial charge in [0.2, 0.25) is 15.9 Å². The second-order valence-corrected chi connectivity index (χ2v) is 11.6. The molecule has 0 aliphatic rings. The van der Waals surface area contributed by atoms with Crippen LogP contribution < -0.4 is 10.1 Å². The van der Waals surface area contributed by atoms with Crippen molar-refractivity contribution in [2.24, 2.45) is 5.10 Å². The van der Waals surface area contributed by atoms with Crippen LogP contribution in [0.2, 0.25) is 5.02 Å². The Morgan fingerprint density at radius 1 is 0.974 bits per heavy atom. The van der Waals surface area contributed by atoms with Crippen molar-refractivity contribution in [3.8, 4) is 5.69 Å². The molecule has 0 aliphatic heterocycles. The molecule has 1 aromatic heterocycles. The molecule has 0 saturated carbocycles. The lowest BCUT2D eigenvalue weighted by atomic mass is 10.0. The van der Waals surface area contributed by atoms with Gasteiger partial charge in [-0.15, -0.1) is 0 Å². The summed E-state index contributed by atoms with van der Waals surface area (Å²) in [6, 6.07) is 22.5. The second-order valence-electron chi connectivity index (χ2n) is 9.44. The fraction of sp³-hybridized carbons (Fsp3) is 0.200. The molecule has 1 amide bonds. The van der Waals surface area contributed by atoms with Gasteiger partial charge in [0.15, 0.2) is 0 Å². The number of carbonyl (C=O) groups is 1. The smallest absolute Gasteiger partial charge is 0.242 e. The molecule has 4 rings (SSSR count). The minimum atomic E-state index is -3.85. The Bertz CT molecular complexity index is 1610. The summed E-state index contributed by atoms with van der Waals surface area (Å²) in [6.45, 7) is 7.83. The second kappa shape index (κ2) is 12.0. The highest BCUT2D eigenvalue weighted by Crippen LogP contribution is 2.27. The van der Waals surface area contributed by atoms with Crippen molar-refractivity contribution < 1.29 is 13.2 Å². The Morgan fingerprint density at radius 3 is 2.36 bits per heavy atom. The standard InChI is InChI=1S/C30H31ClN4O3S/c1-20-13-15-26(16-14-20)39(37,38)34-28(24-9-6-5-7-10-24)18-30(36)33-32-19-25-17-21(2)35(23(25)4)29-12-8-11-27(31)22(29)3/h5-17,19,28,34H,18H2,1-4H3,(H,33,36)/b32-19-/t28-/m0/s1. The van der Waals surface area contributed by atoms with Gasteiger partial charge in [0.05, 0.1) is 17.2 Å². The minimum Gasteiger partial charge on any atom is -0.318 e. The lowest BCUT2D eigenvalue weighted by molar-refractivity contribution is -0.121. The highest BCUT2D eigenvalue weighted by molar-refractivity contribution is 7.89. The fourth-order valence-corrected chi connectivity index (χ4v) is 5.81. The van der Waals surface area contributed by atoms with Crippen LogP contribution in [0.5, 0.6) is 0 Å². The van der Waals surface area contributed by atoms with Gasteiger partial charge in [-0.25, -0.2) is 18.6 Å². The molecule has 1 heterocycles. The Labute approximate surface area is 234 Å². The number of halogens is 1. The molecule has 3 aromatic carbocycles. The molecule has 0 saturated heterocycles. The van der Waals surface area contributed by atoms with Gasteiger partial charge in [0, 0.05) is 34.1 Å². The molecule has 39 heavy (non-hydrogen) atoms. The first-order chi connectivity index (χ1) is 18.6. The van der Waals surface area contributed by atoms with Crippen molar-refractivity contribution in [1.82, 2.24) is 14.7 Å². The maximum atomic E-state index is 13.1. The summed E-state index contributed by atoms with van der Waals surface area (Å²) >= 11 is 6.33. The van der Waals surface area contributed by atoms with Crippen LogP contribution in [0, 0.1) is 27.7 Å². The first kappa shape index (κ1) is 28.3. The third kappa shape index (κ3) is 6.65. The van der Waals surface area contributed by atoms with Crippen molar-refractivity contribution in [3.05, 3.63) is 118 Å². The summed E-state index contributed by atoms with van der Waals surface area (Å²) in [5.41, 5.74) is 8.91. The van der Waals surface area contributed by atoms with E-state index in [2.05, 4.69) is 19.8 Å². The first-order valence-electron chi connectivity index (χ1n) is 12.5. The summed E-state index contributed by atoms with van der Waals surface area (Å²) in [6.07, 6.45) is 1.46. The number of sulfonamides is 1. The Balaban J connectivity index is 1.50. The average molecular weight is 563 g/mol. The van der Waals surface area contributed by atoms with Crippen molar-refractivity contribution in [2.45, 2.75) is 45.1 Å². The number of hydrazone groups is 1. The normalized spacial score (nSPS) is 12.5. The number of benzene rings is 3. The van der Waals surface area contributed by atoms with Crippen LogP contribution in [-0.4, -0.2) is 25.1 Å². The van der Waals surface area contributed by atoms with Gasteiger partial charge in [-0.1, -0.05) is 65.7 Å². The lowest BCUT2D eigenvalue weighted by Gasteiger charge is -2.18. The number of carbonyl (C=O) groups excluding carboxylic acids is 1. The molecule has 7 nitrogen and oxygen atoms in total. The molecule has 0 radical (unpaired) electrons. The van der Waals surface area contributed by atoms with Crippen molar-refractivity contribution >= 4 is 33.7 Å². The number of hydrogen-bond donors (Lipinski definition) is 2. The van der Waals surface area contributed by atoms with Gasteiger partial charge >= 0.3 is 0 Å². The fourth-order valence-electron chi connectivity index (χ4n) is 4.42. The molecule has 9 heteroatoms. The number of aryl methyl sites for hydroxylation is 2. The molecular formula is C30H31ClN4O3S. The molecule has 4 aromatic rings. The SMILES string of the molecule is Cc1ccc(S(=O)(=O)N[C@@H](CC(=O)N/N=C\c2cc(C)n(-c3cccc(Cl)c3C)c2C)c2ccccc2)cc1. The number of hydrogen-bond acceptors (Lipinski definition) is 4. The number of amides is 1. The Kier molecular flexibility index (Phi) is 8.70. The van der Waals surface area contributed by atoms with E-state index in [-0.39, 0.29) is 11.3 Å². The maximum absolute atomic E-state index is 13.1. The summed E-state index contributed by atoms with van der Waals surface area (Å²) in [7, 11) is -3.85. The van der Waals surface area contributed by atoms with Gasteiger partial charge in [-0.3, -0.25) is 4.79 Å². The van der Waals surface area contributed by atoms with Crippen molar-refractivity contribution in [1.29, 1.82) is 0 Å². The monoisotopic (exact) mass is 562 g/mol. The van der Waals surface area contributed by atoms with Gasteiger partial charge < -0.3 is 4.57 Å². The maximum Gasteiger partial charge on any atom is 0.242 e. The van der Waals surface area contributed by atoms with Gasteiger partial charge in [0.1, 0.15) is 0 Å². The van der Waals surface area contributed by atoms with Crippen LogP contribution in [0.15, 0.2) is 88.9 Å². The first-order valence-corrected chi connectivity index (χ1v) is 14.3. The third-order valence-electron chi connectivity index (χ3n) is 6.56. The van der Waals surface area contributed by atoms with E-state index in [0.717, 1.165) is 33.8 Å². The van der Waals surface area contributed by atoms with E-state index < -0.39 is 22.0 Å². The summed E-state index contributed by atoms with van der Waals surface area (Å²) in [4.78, 5) is 13.0. The van der Waals surface area contributed by atoms with E-state index in [4.69, 9.17) is 11.6 Å². The van der Waals surface area contributed by atoms with E-state index in [0.29, 0.717) is 10.6 Å². The van der Waals surface area contributed by atoms with Crippen LogP contribution in [0.1, 0.15) is 46.1 Å². The molecule has 1 atom stereocenters. The molecular weight excluding hydrogens is 532 g/mol. The molecule has 2 N–H and O–H groups in total. The quantitative estimate of drug-likeness (QED) is 0.196. The zero-order valence-electron chi connectivity index (χ0n) is 22.3. The highest BCUT2D eigenvalue weighted by Gasteiger charge is 2.24. The van der Waals surface area contributed by atoms with E-state index in [1.54, 1.807) is 54.7 Å². The molecule has 202 valence electrons. The molecule has 0 spiro atoms. The van der Waals surface area contributed by atoms with Gasteiger partial charge in [0.25, 0.3) is 0 Å². The third-order valence-corrected chi connectivity index (χ3v) is 8.46. The molecule has 0 unspecified atom stereocenters. The average Bonchev–Trinajstić information content (AvgIpc) is 3.18. The number of rotatable bonds is 9. The zero-order chi connectivity index (χ0) is 28.2. The molecule has 0 aliphatic carbocycles. The Morgan fingerprint density at radius 2 is 1.67 bits per heavy atom. The van der Waals surface area contributed by atoms with Crippen LogP contribution in [0.4, 0.5) is 0 Å². The molecule has 0 fully saturated rings. The number of aromatic nitrogens is 1. The van der Waals surface area contributed by atoms with Crippen LogP contribution in [0.25, 0.3) is 5.69 Å². The van der Waals surface area contributed by atoms with Crippen molar-refractivity contribution in [3.63, 3.8) is 0 Å². The molecule has 0 bridgehead atoms. The summed E-state index contributed by atoms with van der Waals surface area (Å²) in [5.74, 6) is -0.425. The number of nitrogens with zero attached hydrogens (tertiary/aromatic N) is 2. The highest BCUT2D eigenvalue weighted by atomic mass is 35.5. The van der Waals surface area contributed by atoms with Gasteiger partial charge in [-0.05, 0) is 69.2 Å². The largest absolute Gasteiger partial charge is 0.318 e. The van der Waals surface area contributed by atoms with Crippen LogP contribution in [-0.2, 0) is 14.8 Å². The predicted octanol–water partition coefficient (Wildman–Crippen LogP) is 5.92. The van der Waals surface area contributed by atoms with E-state index in [1.807, 2.05) is 58.0 Å². The van der Waals surface area contributed by atoms with Crippen LogP contribution >= 0.6 is 11.6 Å². The van der Waals surface area contributed by atoms with Gasteiger partial charge in [-0.2, -0.15) is 5.10 Å². The predicted molar refractivity (Wildman–Crippen MR) is 156 cm³/mol. The van der Waals surface area contributed by atoms with Crippen molar-refractivity contribution in [2.75, 3.05) is 0 Å². The lowest BCUT2D eigenvalue weighted by Crippen LogP contribution is -2.32. The van der Waals surface area contributed by atoms with E-state index in [9.17, 15) is 13.2 Å². The minimum absolute atomic E-state index is 0.132. The zero-order valence-corrected chi connectivity index (χ0v) is 23.8. The summed E-state index contributed by atoms with van der Waals surface area (Å²) < 4.78 is 30.9. The summed E-state index contributed by atoms with van der Waals surface area (Å²) in [5, 5.41) is 4.85.